The van der Waals surface area contributed by atoms with Crippen molar-refractivity contribution in [3.05, 3.63) is 28.8 Å². The van der Waals surface area contributed by atoms with Crippen molar-refractivity contribution >= 4 is 10.0 Å². The standard InChI is InChI=1S/C16H26N2O2S/c1-12-8-13(2)16(14(3)9-12)21(19,20)18-7-5-6-15(11-18)10-17-4/h8-9,15,17H,5-7,10-11H2,1-4H3. The van der Waals surface area contributed by atoms with E-state index < -0.39 is 10.0 Å². The van der Waals surface area contributed by atoms with E-state index in [-0.39, 0.29) is 0 Å². The van der Waals surface area contributed by atoms with E-state index in [0.29, 0.717) is 23.9 Å². The number of nitrogens with one attached hydrogen (secondary N) is 1. The smallest absolute Gasteiger partial charge is 0.243 e. The predicted octanol–water partition coefficient (Wildman–Crippen LogP) is 2.23. The molecule has 0 spiro atoms. The zero-order valence-electron chi connectivity index (χ0n) is 13.4. The summed E-state index contributed by atoms with van der Waals surface area (Å²) in [6.07, 6.45) is 2.04. The van der Waals surface area contributed by atoms with Gasteiger partial charge in [0.05, 0.1) is 4.90 Å². The zero-order chi connectivity index (χ0) is 15.6. The molecule has 0 amide bonds. The Morgan fingerprint density at radius 3 is 2.43 bits per heavy atom. The Bertz CT molecular complexity index is 586. The van der Waals surface area contributed by atoms with Gasteiger partial charge in [0, 0.05) is 13.1 Å². The molecule has 2 rings (SSSR count). The van der Waals surface area contributed by atoms with E-state index in [1.54, 1.807) is 4.31 Å². The van der Waals surface area contributed by atoms with Gasteiger partial charge >= 0.3 is 0 Å². The molecule has 5 heteroatoms. The lowest BCUT2D eigenvalue weighted by molar-refractivity contribution is 0.263. The highest BCUT2D eigenvalue weighted by Gasteiger charge is 2.31. The first-order chi connectivity index (χ1) is 9.86. The fraction of sp³-hybridized carbons (Fsp3) is 0.625. The van der Waals surface area contributed by atoms with Crippen LogP contribution in [-0.2, 0) is 10.0 Å². The Morgan fingerprint density at radius 1 is 1.24 bits per heavy atom. The fourth-order valence-electron chi connectivity index (χ4n) is 3.40. The van der Waals surface area contributed by atoms with Crippen LogP contribution in [0.1, 0.15) is 29.5 Å². The summed E-state index contributed by atoms with van der Waals surface area (Å²) in [5, 5.41) is 3.16. The van der Waals surface area contributed by atoms with Crippen LogP contribution in [-0.4, -0.2) is 39.4 Å². The second-order valence-electron chi connectivity index (χ2n) is 6.16. The van der Waals surface area contributed by atoms with Gasteiger partial charge in [0.25, 0.3) is 0 Å². The molecular weight excluding hydrogens is 284 g/mol. The predicted molar refractivity (Wildman–Crippen MR) is 86.1 cm³/mol. The number of piperidine rings is 1. The van der Waals surface area contributed by atoms with Crippen LogP contribution in [0.3, 0.4) is 0 Å². The Kier molecular flexibility index (Phi) is 5.07. The molecule has 1 saturated heterocycles. The lowest BCUT2D eigenvalue weighted by Crippen LogP contribution is -2.42. The van der Waals surface area contributed by atoms with Crippen LogP contribution in [0.2, 0.25) is 0 Å². The van der Waals surface area contributed by atoms with Crippen molar-refractivity contribution in [2.45, 2.75) is 38.5 Å². The van der Waals surface area contributed by atoms with Gasteiger partial charge in [0.1, 0.15) is 0 Å². The van der Waals surface area contributed by atoms with Crippen molar-refractivity contribution in [2.75, 3.05) is 26.7 Å². The highest BCUT2D eigenvalue weighted by molar-refractivity contribution is 7.89. The summed E-state index contributed by atoms with van der Waals surface area (Å²) < 4.78 is 27.7. The van der Waals surface area contributed by atoms with Crippen LogP contribution in [0, 0.1) is 26.7 Å². The van der Waals surface area contributed by atoms with Gasteiger partial charge in [-0.05, 0) is 64.3 Å². The van der Waals surface area contributed by atoms with Crippen LogP contribution >= 0.6 is 0 Å². The maximum Gasteiger partial charge on any atom is 0.243 e. The molecule has 1 N–H and O–H groups in total. The van der Waals surface area contributed by atoms with E-state index in [4.69, 9.17) is 0 Å². The molecule has 1 atom stereocenters. The highest BCUT2D eigenvalue weighted by Crippen LogP contribution is 2.28. The van der Waals surface area contributed by atoms with Crippen molar-refractivity contribution in [1.82, 2.24) is 9.62 Å². The van der Waals surface area contributed by atoms with Gasteiger partial charge in [0.2, 0.25) is 10.0 Å². The summed E-state index contributed by atoms with van der Waals surface area (Å²) >= 11 is 0. The molecule has 1 aliphatic rings. The molecule has 1 unspecified atom stereocenters. The van der Waals surface area contributed by atoms with Gasteiger partial charge in [-0.25, -0.2) is 8.42 Å². The van der Waals surface area contributed by atoms with Gasteiger partial charge in [-0.2, -0.15) is 4.31 Å². The number of rotatable bonds is 4. The van der Waals surface area contributed by atoms with Crippen LogP contribution in [0.25, 0.3) is 0 Å². The first-order valence-corrected chi connectivity index (χ1v) is 9.03. The third-order valence-electron chi connectivity index (χ3n) is 4.18. The number of benzene rings is 1. The van der Waals surface area contributed by atoms with Crippen LogP contribution < -0.4 is 5.32 Å². The Hall–Kier alpha value is -0.910. The second-order valence-corrected chi connectivity index (χ2v) is 8.03. The lowest BCUT2D eigenvalue weighted by Gasteiger charge is -2.32. The minimum absolute atomic E-state index is 0.407. The average Bonchev–Trinajstić information content (AvgIpc) is 2.37. The molecule has 0 aliphatic carbocycles. The molecule has 1 heterocycles. The molecule has 0 saturated carbocycles. The van der Waals surface area contributed by atoms with Gasteiger partial charge in [-0.1, -0.05) is 17.7 Å². The molecule has 1 aliphatic heterocycles. The summed E-state index contributed by atoms with van der Waals surface area (Å²) in [7, 11) is -1.47. The summed E-state index contributed by atoms with van der Waals surface area (Å²) in [6.45, 7) is 7.91. The first-order valence-electron chi connectivity index (χ1n) is 7.59. The second kappa shape index (κ2) is 6.46. The van der Waals surface area contributed by atoms with Crippen molar-refractivity contribution in [1.29, 1.82) is 0 Å². The van der Waals surface area contributed by atoms with Crippen LogP contribution in [0.15, 0.2) is 17.0 Å². The molecule has 21 heavy (non-hydrogen) atoms. The number of nitrogens with zero attached hydrogens (tertiary/aromatic N) is 1. The monoisotopic (exact) mass is 310 g/mol. The van der Waals surface area contributed by atoms with Crippen molar-refractivity contribution in [3.63, 3.8) is 0 Å². The maximum atomic E-state index is 13.0. The lowest BCUT2D eigenvalue weighted by atomic mass is 10.00. The molecule has 0 radical (unpaired) electrons. The van der Waals surface area contributed by atoms with Gasteiger partial charge in [-0.3, -0.25) is 0 Å². The normalized spacial score (nSPS) is 20.7. The Labute approximate surface area is 128 Å². The average molecular weight is 310 g/mol. The van der Waals surface area contributed by atoms with Crippen molar-refractivity contribution < 1.29 is 8.42 Å². The molecular formula is C16H26N2O2S. The number of hydrogen-bond donors (Lipinski definition) is 1. The van der Waals surface area contributed by atoms with E-state index in [9.17, 15) is 8.42 Å². The highest BCUT2D eigenvalue weighted by atomic mass is 32.2. The molecule has 4 nitrogen and oxygen atoms in total. The zero-order valence-corrected chi connectivity index (χ0v) is 14.3. The van der Waals surface area contributed by atoms with Crippen molar-refractivity contribution in [3.8, 4) is 0 Å². The van der Waals surface area contributed by atoms with Crippen molar-refractivity contribution in [2.24, 2.45) is 5.92 Å². The minimum Gasteiger partial charge on any atom is -0.319 e. The molecule has 1 aromatic rings. The van der Waals surface area contributed by atoms with E-state index in [1.807, 2.05) is 40.0 Å². The third-order valence-corrected chi connectivity index (χ3v) is 6.35. The maximum absolute atomic E-state index is 13.0. The first kappa shape index (κ1) is 16.5. The van der Waals surface area contributed by atoms with E-state index in [1.165, 1.54) is 0 Å². The SMILES string of the molecule is CNCC1CCCN(S(=O)(=O)c2c(C)cc(C)cc2C)C1. The van der Waals surface area contributed by atoms with Crippen LogP contribution in [0.5, 0.6) is 0 Å². The Morgan fingerprint density at radius 2 is 1.86 bits per heavy atom. The summed E-state index contributed by atoms with van der Waals surface area (Å²) in [5.74, 6) is 0.407. The molecule has 118 valence electrons. The third kappa shape index (κ3) is 3.47. The summed E-state index contributed by atoms with van der Waals surface area (Å²) in [6, 6.07) is 3.91. The largest absolute Gasteiger partial charge is 0.319 e. The van der Waals surface area contributed by atoms with Crippen LogP contribution in [0.4, 0.5) is 0 Å². The van der Waals surface area contributed by atoms with E-state index >= 15 is 0 Å². The van der Waals surface area contributed by atoms with E-state index in [0.717, 1.165) is 36.1 Å². The quantitative estimate of drug-likeness (QED) is 0.928. The molecule has 0 bridgehead atoms. The minimum atomic E-state index is -3.39. The van der Waals surface area contributed by atoms with Gasteiger partial charge < -0.3 is 5.32 Å². The summed E-state index contributed by atoms with van der Waals surface area (Å²) in [4.78, 5) is 0.498. The number of aryl methyl sites for hydroxylation is 3. The molecule has 0 aromatic heterocycles. The Balaban J connectivity index is 2.34. The topological polar surface area (TPSA) is 49.4 Å². The molecule has 1 aromatic carbocycles. The number of sulfonamides is 1. The van der Waals surface area contributed by atoms with Gasteiger partial charge in [0.15, 0.2) is 0 Å². The van der Waals surface area contributed by atoms with E-state index in [2.05, 4.69) is 5.32 Å². The number of hydrogen-bond acceptors (Lipinski definition) is 3. The summed E-state index contributed by atoms with van der Waals surface area (Å²) in [5.41, 5.74) is 2.81. The molecule has 1 fully saturated rings. The fourth-order valence-corrected chi connectivity index (χ4v) is 5.37. The van der Waals surface area contributed by atoms with Gasteiger partial charge in [-0.15, -0.1) is 0 Å².